The van der Waals surface area contributed by atoms with Gasteiger partial charge >= 0.3 is 6.09 Å². The number of hydrogen-bond donors (Lipinski definition) is 2. The number of carbonyl (C=O) groups excluding carboxylic acids is 1. The van der Waals surface area contributed by atoms with Crippen molar-refractivity contribution >= 4 is 17.9 Å². The number of amides is 1. The van der Waals surface area contributed by atoms with E-state index in [4.69, 9.17) is 4.74 Å². The summed E-state index contributed by atoms with van der Waals surface area (Å²) in [4.78, 5) is 11.6. The van der Waals surface area contributed by atoms with Gasteiger partial charge in [-0.05, 0) is 42.4 Å². The summed E-state index contributed by atoms with van der Waals surface area (Å²) in [6, 6.07) is 4.19. The second kappa shape index (κ2) is 7.33. The van der Waals surface area contributed by atoms with E-state index in [-0.39, 0.29) is 11.3 Å². The number of rotatable bonds is 4. The summed E-state index contributed by atoms with van der Waals surface area (Å²) in [5.74, 6) is 1.53. The third-order valence-corrected chi connectivity index (χ3v) is 4.61. The van der Waals surface area contributed by atoms with Crippen molar-refractivity contribution in [3.63, 3.8) is 0 Å². The van der Waals surface area contributed by atoms with Gasteiger partial charge in [-0.2, -0.15) is 11.8 Å². The minimum Gasteiger partial charge on any atom is -0.410 e. The maximum atomic E-state index is 14.3. The van der Waals surface area contributed by atoms with Crippen LogP contribution < -0.4 is 10.1 Å². The molecule has 1 amide bonds. The fourth-order valence-corrected chi connectivity index (χ4v) is 3.51. The molecule has 0 spiro atoms. The normalized spacial score (nSPS) is 17.3. The lowest BCUT2D eigenvalue weighted by Gasteiger charge is -2.32. The zero-order chi connectivity index (χ0) is 16.2. The molecule has 1 aliphatic heterocycles. The Morgan fingerprint density at radius 1 is 1.45 bits per heavy atom. The van der Waals surface area contributed by atoms with Crippen LogP contribution in [0.2, 0.25) is 0 Å². The van der Waals surface area contributed by atoms with E-state index in [0.29, 0.717) is 25.3 Å². The predicted octanol–water partition coefficient (Wildman–Crippen LogP) is 3.28. The maximum Gasteiger partial charge on any atom is 0.412 e. The quantitative estimate of drug-likeness (QED) is 0.891. The first-order valence-corrected chi connectivity index (χ1v) is 8.62. The summed E-state index contributed by atoms with van der Waals surface area (Å²) >= 11 is 1.76. The van der Waals surface area contributed by atoms with E-state index in [0.717, 1.165) is 17.6 Å². The molecule has 4 nitrogen and oxygen atoms in total. The van der Waals surface area contributed by atoms with Crippen molar-refractivity contribution in [2.24, 2.45) is 5.92 Å². The first-order chi connectivity index (χ1) is 10.4. The number of nitrogens with one attached hydrogen (secondary N) is 1. The van der Waals surface area contributed by atoms with Gasteiger partial charge in [0, 0.05) is 18.2 Å². The van der Waals surface area contributed by atoms with Crippen LogP contribution in [0.3, 0.4) is 0 Å². The minimum atomic E-state index is -1.12. The largest absolute Gasteiger partial charge is 0.412 e. The van der Waals surface area contributed by atoms with E-state index < -0.39 is 17.5 Å². The van der Waals surface area contributed by atoms with E-state index in [1.54, 1.807) is 11.8 Å². The Balaban J connectivity index is 2.04. The zero-order valence-corrected chi connectivity index (χ0v) is 13.7. The SMILES string of the molecule is CC(C)CNC(=O)Oc1ccc(C2(O)CCSCC2)c(F)c1. The highest BCUT2D eigenvalue weighted by atomic mass is 32.2. The second-order valence-corrected chi connectivity index (χ2v) is 7.17. The van der Waals surface area contributed by atoms with Crippen LogP contribution in [0.25, 0.3) is 0 Å². The Morgan fingerprint density at radius 3 is 2.73 bits per heavy atom. The van der Waals surface area contributed by atoms with Gasteiger partial charge in [0.1, 0.15) is 11.6 Å². The van der Waals surface area contributed by atoms with Crippen LogP contribution in [0.15, 0.2) is 18.2 Å². The number of aliphatic hydroxyl groups is 1. The van der Waals surface area contributed by atoms with Gasteiger partial charge in [-0.25, -0.2) is 9.18 Å². The van der Waals surface area contributed by atoms with Crippen LogP contribution >= 0.6 is 11.8 Å². The molecule has 1 saturated heterocycles. The van der Waals surface area contributed by atoms with Crippen LogP contribution in [0, 0.1) is 11.7 Å². The van der Waals surface area contributed by atoms with Crippen molar-refractivity contribution in [1.29, 1.82) is 0 Å². The van der Waals surface area contributed by atoms with Crippen molar-refractivity contribution in [3.05, 3.63) is 29.6 Å². The van der Waals surface area contributed by atoms with Gasteiger partial charge in [0.15, 0.2) is 0 Å². The number of thioether (sulfide) groups is 1. The van der Waals surface area contributed by atoms with Crippen molar-refractivity contribution in [1.82, 2.24) is 5.32 Å². The molecule has 0 saturated carbocycles. The summed E-state index contributed by atoms with van der Waals surface area (Å²) < 4.78 is 19.3. The fraction of sp³-hybridized carbons (Fsp3) is 0.562. The molecular formula is C16H22FNO3S. The fourth-order valence-electron chi connectivity index (χ4n) is 2.35. The highest BCUT2D eigenvalue weighted by Crippen LogP contribution is 2.37. The average molecular weight is 327 g/mol. The van der Waals surface area contributed by atoms with Crippen LogP contribution in [0.4, 0.5) is 9.18 Å². The molecule has 1 fully saturated rings. The highest BCUT2D eigenvalue weighted by molar-refractivity contribution is 7.99. The highest BCUT2D eigenvalue weighted by Gasteiger charge is 2.34. The Morgan fingerprint density at radius 2 is 2.14 bits per heavy atom. The van der Waals surface area contributed by atoms with Gasteiger partial charge in [0.05, 0.1) is 5.60 Å². The van der Waals surface area contributed by atoms with Crippen molar-refractivity contribution in [2.45, 2.75) is 32.3 Å². The summed E-state index contributed by atoms with van der Waals surface area (Å²) in [6.07, 6.45) is 0.460. The van der Waals surface area contributed by atoms with Gasteiger partial charge in [-0.15, -0.1) is 0 Å². The van der Waals surface area contributed by atoms with E-state index in [1.807, 2.05) is 13.8 Å². The van der Waals surface area contributed by atoms with Gasteiger partial charge in [0.25, 0.3) is 0 Å². The number of benzene rings is 1. The summed E-state index contributed by atoms with van der Waals surface area (Å²) in [5, 5.41) is 13.2. The molecule has 1 heterocycles. The van der Waals surface area contributed by atoms with Crippen LogP contribution in [0.1, 0.15) is 32.3 Å². The number of carbonyl (C=O) groups is 1. The van der Waals surface area contributed by atoms with Gasteiger partial charge < -0.3 is 15.2 Å². The third-order valence-electron chi connectivity index (χ3n) is 3.63. The average Bonchev–Trinajstić information content (AvgIpc) is 2.45. The Kier molecular flexibility index (Phi) is 5.69. The minimum absolute atomic E-state index is 0.135. The van der Waals surface area contributed by atoms with Gasteiger partial charge in [-0.1, -0.05) is 13.8 Å². The molecular weight excluding hydrogens is 305 g/mol. The van der Waals surface area contributed by atoms with Crippen molar-refractivity contribution < 1.29 is 19.0 Å². The van der Waals surface area contributed by atoms with E-state index >= 15 is 0 Å². The number of halogens is 1. The number of ether oxygens (including phenoxy) is 1. The summed E-state index contributed by atoms with van der Waals surface area (Å²) in [5.41, 5.74) is -0.837. The number of hydrogen-bond acceptors (Lipinski definition) is 4. The molecule has 2 N–H and O–H groups in total. The molecule has 6 heteroatoms. The molecule has 0 aromatic heterocycles. The second-order valence-electron chi connectivity index (χ2n) is 5.95. The van der Waals surface area contributed by atoms with Gasteiger partial charge in [0.2, 0.25) is 0 Å². The molecule has 2 rings (SSSR count). The summed E-state index contributed by atoms with van der Waals surface area (Å²) in [7, 11) is 0. The molecule has 0 aliphatic carbocycles. The lowest BCUT2D eigenvalue weighted by atomic mass is 9.88. The van der Waals surface area contributed by atoms with Crippen molar-refractivity contribution in [3.8, 4) is 5.75 Å². The maximum absolute atomic E-state index is 14.3. The molecule has 1 aromatic carbocycles. The monoisotopic (exact) mass is 327 g/mol. The van der Waals surface area contributed by atoms with Gasteiger partial charge in [-0.3, -0.25) is 0 Å². The molecule has 0 bridgehead atoms. The smallest absolute Gasteiger partial charge is 0.410 e. The van der Waals surface area contributed by atoms with Crippen LogP contribution in [-0.4, -0.2) is 29.3 Å². The molecule has 0 radical (unpaired) electrons. The summed E-state index contributed by atoms with van der Waals surface area (Å²) in [6.45, 7) is 4.44. The zero-order valence-electron chi connectivity index (χ0n) is 12.9. The Labute approximate surface area is 134 Å². The van der Waals surface area contributed by atoms with Crippen molar-refractivity contribution in [2.75, 3.05) is 18.1 Å². The van der Waals surface area contributed by atoms with E-state index in [2.05, 4.69) is 5.32 Å². The molecule has 1 aromatic rings. The Bertz CT molecular complexity index is 530. The van der Waals surface area contributed by atoms with E-state index in [1.165, 1.54) is 12.1 Å². The lowest BCUT2D eigenvalue weighted by molar-refractivity contribution is 0.0245. The lowest BCUT2D eigenvalue weighted by Crippen LogP contribution is -2.32. The molecule has 0 atom stereocenters. The van der Waals surface area contributed by atoms with Crippen LogP contribution in [0.5, 0.6) is 5.75 Å². The molecule has 122 valence electrons. The first-order valence-electron chi connectivity index (χ1n) is 7.46. The van der Waals surface area contributed by atoms with E-state index in [9.17, 15) is 14.3 Å². The standard InChI is InChI=1S/C16H22FNO3S/c1-11(2)10-18-15(19)21-12-3-4-13(14(17)9-12)16(20)5-7-22-8-6-16/h3-4,9,11,20H,5-8,10H2,1-2H3,(H,18,19). The Hall–Kier alpha value is -1.27. The third kappa shape index (κ3) is 4.36. The predicted molar refractivity (Wildman–Crippen MR) is 85.7 cm³/mol. The topological polar surface area (TPSA) is 58.6 Å². The molecule has 0 unspecified atom stereocenters. The van der Waals surface area contributed by atoms with Crippen LogP contribution in [-0.2, 0) is 5.60 Å². The molecule has 1 aliphatic rings. The molecule has 22 heavy (non-hydrogen) atoms. The first kappa shape index (κ1) is 17.1.